The Morgan fingerprint density at radius 3 is 2.58 bits per heavy atom. The number of hydrogen-bond acceptors (Lipinski definition) is 6. The molecule has 0 spiro atoms. The molecule has 2 amide bonds. The first kappa shape index (κ1) is 23.0. The number of nitrogens with two attached hydrogens (primary N) is 1. The summed E-state index contributed by atoms with van der Waals surface area (Å²) in [7, 11) is 0. The summed E-state index contributed by atoms with van der Waals surface area (Å²) >= 11 is 0. The second-order valence-corrected chi connectivity index (χ2v) is 10.4. The average molecular weight is 488 g/mol. The van der Waals surface area contributed by atoms with Crippen LogP contribution in [0, 0.1) is 0 Å². The molecule has 3 N–H and O–H groups in total. The van der Waals surface area contributed by atoms with E-state index in [0.29, 0.717) is 50.5 Å². The monoisotopic (exact) mass is 487 g/mol. The van der Waals surface area contributed by atoms with Crippen LogP contribution >= 0.6 is 0 Å². The highest BCUT2D eigenvalue weighted by molar-refractivity contribution is 6.04. The molecule has 3 heterocycles. The highest BCUT2D eigenvalue weighted by atomic mass is 16.5. The van der Waals surface area contributed by atoms with Crippen LogP contribution in [-0.2, 0) is 24.2 Å². The number of rotatable bonds is 4. The van der Waals surface area contributed by atoms with Gasteiger partial charge in [0, 0.05) is 44.6 Å². The van der Waals surface area contributed by atoms with Gasteiger partial charge in [0.05, 0.1) is 30.0 Å². The number of piperazine rings is 1. The molecule has 0 atom stereocenters. The molecule has 188 valence electrons. The number of benzene rings is 2. The quantitative estimate of drug-likeness (QED) is 0.689. The van der Waals surface area contributed by atoms with Gasteiger partial charge >= 0.3 is 0 Å². The Morgan fingerprint density at radius 1 is 1.03 bits per heavy atom. The Kier molecular flexibility index (Phi) is 5.91. The predicted molar refractivity (Wildman–Crippen MR) is 137 cm³/mol. The van der Waals surface area contributed by atoms with Gasteiger partial charge < -0.3 is 25.7 Å². The molecule has 2 aromatic carbocycles. The number of hydrazone groups is 1. The van der Waals surface area contributed by atoms with Crippen molar-refractivity contribution in [1.82, 2.24) is 15.2 Å². The van der Waals surface area contributed by atoms with Gasteiger partial charge in [-0.15, -0.1) is 0 Å². The van der Waals surface area contributed by atoms with Crippen molar-refractivity contribution in [1.29, 1.82) is 0 Å². The zero-order valence-corrected chi connectivity index (χ0v) is 20.6. The lowest BCUT2D eigenvalue weighted by molar-refractivity contribution is -0.138. The number of hydrogen-bond donors (Lipinski definition) is 2. The van der Waals surface area contributed by atoms with E-state index in [2.05, 4.69) is 28.7 Å². The van der Waals surface area contributed by atoms with Gasteiger partial charge in [0.2, 0.25) is 5.91 Å². The molecule has 6 rings (SSSR count). The van der Waals surface area contributed by atoms with Crippen LogP contribution in [0.5, 0.6) is 5.75 Å². The summed E-state index contributed by atoms with van der Waals surface area (Å²) in [6.07, 6.45) is 4.97. The summed E-state index contributed by atoms with van der Waals surface area (Å²) in [6.45, 7) is 3.36. The van der Waals surface area contributed by atoms with Gasteiger partial charge in [0.15, 0.2) is 0 Å². The Balaban J connectivity index is 1.20. The van der Waals surface area contributed by atoms with Gasteiger partial charge in [-0.1, -0.05) is 43.2 Å². The Bertz CT molecular complexity index is 1230. The molecule has 4 aliphatic rings. The van der Waals surface area contributed by atoms with E-state index in [1.165, 1.54) is 5.56 Å². The minimum atomic E-state index is -0.718. The van der Waals surface area contributed by atoms with Crippen LogP contribution in [0.2, 0.25) is 0 Å². The maximum atomic E-state index is 13.7. The molecular weight excluding hydrogens is 454 g/mol. The molecule has 8 heteroatoms. The topological polar surface area (TPSA) is 100 Å². The minimum absolute atomic E-state index is 0.0328. The summed E-state index contributed by atoms with van der Waals surface area (Å²) in [5.74, 6) is 0.716. The van der Waals surface area contributed by atoms with Crippen LogP contribution in [0.15, 0.2) is 41.5 Å². The highest BCUT2D eigenvalue weighted by Crippen LogP contribution is 2.34. The van der Waals surface area contributed by atoms with Crippen molar-refractivity contribution in [2.24, 2.45) is 10.8 Å². The first-order valence-electron chi connectivity index (χ1n) is 13.1. The highest BCUT2D eigenvalue weighted by Gasteiger charge is 2.41. The van der Waals surface area contributed by atoms with Gasteiger partial charge in [-0.2, -0.15) is 5.10 Å². The summed E-state index contributed by atoms with van der Waals surface area (Å²) < 4.78 is 5.91. The number of amides is 2. The zero-order valence-electron chi connectivity index (χ0n) is 20.6. The van der Waals surface area contributed by atoms with Crippen LogP contribution < -0.4 is 15.9 Å². The number of carbonyl (C=O) groups is 2. The second kappa shape index (κ2) is 9.24. The van der Waals surface area contributed by atoms with E-state index < -0.39 is 5.54 Å². The normalized spacial score (nSPS) is 20.2. The Labute approximate surface area is 211 Å². The summed E-state index contributed by atoms with van der Waals surface area (Å²) in [5.41, 5.74) is 14.9. The molecule has 0 unspecified atom stereocenters. The molecule has 0 bridgehead atoms. The lowest BCUT2D eigenvalue weighted by Gasteiger charge is -2.38. The molecular formula is C28H33N5O3. The van der Waals surface area contributed by atoms with E-state index in [4.69, 9.17) is 10.5 Å². The van der Waals surface area contributed by atoms with Crippen molar-refractivity contribution in [2.45, 2.75) is 50.6 Å². The van der Waals surface area contributed by atoms with E-state index in [9.17, 15) is 9.59 Å². The fourth-order valence-electron chi connectivity index (χ4n) is 6.02. The van der Waals surface area contributed by atoms with Crippen LogP contribution in [0.3, 0.4) is 0 Å². The zero-order chi connectivity index (χ0) is 24.7. The van der Waals surface area contributed by atoms with E-state index in [1.807, 2.05) is 28.0 Å². The average Bonchev–Trinajstić information content (AvgIpc) is 3.57. The van der Waals surface area contributed by atoms with E-state index >= 15 is 0 Å². The summed E-state index contributed by atoms with van der Waals surface area (Å²) in [6, 6.07) is 12.4. The van der Waals surface area contributed by atoms with Crippen LogP contribution in [0.1, 0.15) is 58.3 Å². The molecule has 1 aliphatic carbocycles. The smallest absolute Gasteiger partial charge is 0.257 e. The standard InChI is InChI=1S/C28H33N5O3/c29-28(8-3-4-9-28)27(35)33-12-10-32(11-13-33)26(34)23-16-19(15-20-7-14-36-25(20)23)17-24-22-6-2-1-5-21(22)18-30-31-24/h1-2,5-6,15-16,30H,3-4,7-14,17-18,29H2. The third kappa shape index (κ3) is 4.13. The van der Waals surface area contributed by atoms with Gasteiger partial charge in [0.1, 0.15) is 5.75 Å². The van der Waals surface area contributed by atoms with Gasteiger partial charge in [0.25, 0.3) is 5.91 Å². The van der Waals surface area contributed by atoms with Crippen molar-refractivity contribution in [3.63, 3.8) is 0 Å². The SMILES string of the molecule is NC1(C(=O)N2CCN(C(=O)c3cc(CC4=NNCc5ccccc54)cc4c3OCC4)CC2)CCCC1. The van der Waals surface area contributed by atoms with E-state index in [1.54, 1.807) is 0 Å². The first-order valence-corrected chi connectivity index (χ1v) is 13.1. The minimum Gasteiger partial charge on any atom is -0.492 e. The maximum Gasteiger partial charge on any atom is 0.257 e. The molecule has 1 saturated heterocycles. The van der Waals surface area contributed by atoms with Crippen molar-refractivity contribution in [3.8, 4) is 5.75 Å². The van der Waals surface area contributed by atoms with Gasteiger partial charge in [-0.05, 0) is 35.6 Å². The molecule has 2 aromatic rings. The van der Waals surface area contributed by atoms with Crippen molar-refractivity contribution in [2.75, 3.05) is 32.8 Å². The fourth-order valence-corrected chi connectivity index (χ4v) is 6.02. The fraction of sp³-hybridized carbons (Fsp3) is 0.464. The molecule has 36 heavy (non-hydrogen) atoms. The van der Waals surface area contributed by atoms with Crippen LogP contribution in [-0.4, -0.2) is 65.7 Å². The lowest BCUT2D eigenvalue weighted by Crippen LogP contribution is -2.59. The number of carbonyl (C=O) groups excluding carboxylic acids is 2. The maximum absolute atomic E-state index is 13.7. The molecule has 2 fully saturated rings. The number of fused-ring (bicyclic) bond motifs is 2. The predicted octanol–water partition coefficient (Wildman–Crippen LogP) is 2.23. The van der Waals surface area contributed by atoms with Crippen LogP contribution in [0.25, 0.3) is 0 Å². The van der Waals surface area contributed by atoms with Crippen molar-refractivity contribution < 1.29 is 14.3 Å². The number of nitrogens with zero attached hydrogens (tertiary/aromatic N) is 3. The molecule has 1 saturated carbocycles. The summed E-state index contributed by atoms with van der Waals surface area (Å²) in [5, 5.41) is 4.58. The first-order chi connectivity index (χ1) is 17.5. The third-order valence-electron chi connectivity index (χ3n) is 8.03. The second-order valence-electron chi connectivity index (χ2n) is 10.4. The van der Waals surface area contributed by atoms with Crippen LogP contribution in [0.4, 0.5) is 0 Å². The number of nitrogens with one attached hydrogen (secondary N) is 1. The molecule has 8 nitrogen and oxygen atoms in total. The lowest BCUT2D eigenvalue weighted by atomic mass is 9.94. The van der Waals surface area contributed by atoms with Gasteiger partial charge in [-0.3, -0.25) is 9.59 Å². The number of ether oxygens (including phenoxy) is 1. The molecule has 3 aliphatic heterocycles. The van der Waals surface area contributed by atoms with Crippen molar-refractivity contribution in [3.05, 3.63) is 64.2 Å². The van der Waals surface area contributed by atoms with Crippen molar-refractivity contribution >= 4 is 17.5 Å². The summed E-state index contributed by atoms with van der Waals surface area (Å²) in [4.78, 5) is 30.4. The largest absolute Gasteiger partial charge is 0.492 e. The Morgan fingerprint density at radius 2 is 1.78 bits per heavy atom. The molecule has 0 radical (unpaired) electrons. The van der Waals surface area contributed by atoms with E-state index in [-0.39, 0.29) is 11.8 Å². The van der Waals surface area contributed by atoms with E-state index in [0.717, 1.165) is 61.1 Å². The Hall–Kier alpha value is -3.39. The third-order valence-corrected chi connectivity index (χ3v) is 8.03. The molecule has 0 aromatic heterocycles. The van der Waals surface area contributed by atoms with Gasteiger partial charge in [-0.25, -0.2) is 0 Å².